The SMILES string of the molecule is COc1ccccc1C(CNC(C)C)OC1COC1. The standard InChI is InChI=1S/C15H23NO3/c1-11(2)16-8-15(19-12-9-18-10-12)13-6-4-5-7-14(13)17-3/h4-7,11-12,15-16H,8-10H2,1-3H3. The molecular weight excluding hydrogens is 242 g/mol. The molecule has 19 heavy (non-hydrogen) atoms. The molecule has 1 saturated heterocycles. The highest BCUT2D eigenvalue weighted by Crippen LogP contribution is 2.29. The molecule has 0 saturated carbocycles. The van der Waals surface area contributed by atoms with Gasteiger partial charge in [0.05, 0.1) is 26.4 Å². The van der Waals surface area contributed by atoms with E-state index in [0.717, 1.165) is 17.9 Å². The van der Waals surface area contributed by atoms with Crippen LogP contribution < -0.4 is 10.1 Å². The van der Waals surface area contributed by atoms with Gasteiger partial charge in [-0.3, -0.25) is 0 Å². The minimum Gasteiger partial charge on any atom is -0.496 e. The third-order valence-corrected chi connectivity index (χ3v) is 3.16. The van der Waals surface area contributed by atoms with Gasteiger partial charge in [-0.05, 0) is 6.07 Å². The predicted molar refractivity (Wildman–Crippen MR) is 74.6 cm³/mol. The average molecular weight is 265 g/mol. The van der Waals surface area contributed by atoms with Crippen LogP contribution in [0, 0.1) is 0 Å². The number of nitrogens with one attached hydrogen (secondary N) is 1. The Hall–Kier alpha value is -1.10. The number of hydrogen-bond acceptors (Lipinski definition) is 4. The number of benzene rings is 1. The molecule has 0 aromatic heterocycles. The monoisotopic (exact) mass is 265 g/mol. The first-order valence-corrected chi connectivity index (χ1v) is 6.80. The van der Waals surface area contributed by atoms with Gasteiger partial charge in [-0.1, -0.05) is 32.0 Å². The Kier molecular flexibility index (Phi) is 5.19. The maximum Gasteiger partial charge on any atom is 0.124 e. The number of para-hydroxylation sites is 1. The highest BCUT2D eigenvalue weighted by Gasteiger charge is 2.26. The second kappa shape index (κ2) is 6.89. The molecule has 1 aliphatic heterocycles. The van der Waals surface area contributed by atoms with E-state index in [-0.39, 0.29) is 12.2 Å². The van der Waals surface area contributed by atoms with Gasteiger partial charge in [-0.25, -0.2) is 0 Å². The molecule has 1 aromatic carbocycles. The zero-order valence-corrected chi connectivity index (χ0v) is 11.9. The van der Waals surface area contributed by atoms with Crippen molar-refractivity contribution >= 4 is 0 Å². The maximum atomic E-state index is 6.10. The van der Waals surface area contributed by atoms with Crippen LogP contribution in [-0.2, 0) is 9.47 Å². The number of ether oxygens (including phenoxy) is 3. The molecule has 0 aliphatic carbocycles. The van der Waals surface area contributed by atoms with E-state index < -0.39 is 0 Å². The highest BCUT2D eigenvalue weighted by atomic mass is 16.6. The van der Waals surface area contributed by atoms with Gasteiger partial charge in [0.2, 0.25) is 0 Å². The minimum absolute atomic E-state index is 0.00699. The summed E-state index contributed by atoms with van der Waals surface area (Å²) >= 11 is 0. The molecule has 4 heteroatoms. The van der Waals surface area contributed by atoms with Crippen molar-refractivity contribution < 1.29 is 14.2 Å². The van der Waals surface area contributed by atoms with Crippen LogP contribution in [0.15, 0.2) is 24.3 Å². The highest BCUT2D eigenvalue weighted by molar-refractivity contribution is 5.35. The van der Waals surface area contributed by atoms with E-state index in [0.29, 0.717) is 19.3 Å². The Morgan fingerprint density at radius 2 is 2.05 bits per heavy atom. The first-order valence-electron chi connectivity index (χ1n) is 6.80. The largest absolute Gasteiger partial charge is 0.496 e. The minimum atomic E-state index is -0.00699. The summed E-state index contributed by atoms with van der Waals surface area (Å²) in [6.07, 6.45) is 0.191. The second-order valence-corrected chi connectivity index (χ2v) is 5.09. The van der Waals surface area contributed by atoms with Crippen molar-refractivity contribution in [1.82, 2.24) is 5.32 Å². The van der Waals surface area contributed by atoms with Gasteiger partial charge in [0.25, 0.3) is 0 Å². The summed E-state index contributed by atoms with van der Waals surface area (Å²) in [4.78, 5) is 0. The third kappa shape index (κ3) is 3.93. The molecule has 1 heterocycles. The second-order valence-electron chi connectivity index (χ2n) is 5.09. The molecule has 1 fully saturated rings. The Balaban J connectivity index is 2.09. The van der Waals surface area contributed by atoms with Crippen LogP contribution in [0.1, 0.15) is 25.5 Å². The summed E-state index contributed by atoms with van der Waals surface area (Å²) in [5.74, 6) is 0.873. The topological polar surface area (TPSA) is 39.7 Å². The van der Waals surface area contributed by atoms with E-state index in [9.17, 15) is 0 Å². The van der Waals surface area contributed by atoms with E-state index in [2.05, 4.69) is 25.2 Å². The van der Waals surface area contributed by atoms with Crippen molar-refractivity contribution in [2.75, 3.05) is 26.9 Å². The molecule has 1 N–H and O–H groups in total. The molecule has 106 valence electrons. The molecule has 2 rings (SSSR count). The summed E-state index contributed by atoms with van der Waals surface area (Å²) in [6.45, 7) is 6.41. The maximum absolute atomic E-state index is 6.10. The van der Waals surface area contributed by atoms with Crippen molar-refractivity contribution in [2.24, 2.45) is 0 Å². The van der Waals surface area contributed by atoms with E-state index in [1.807, 2.05) is 18.2 Å². The first-order chi connectivity index (χ1) is 9.20. The zero-order valence-electron chi connectivity index (χ0n) is 11.9. The van der Waals surface area contributed by atoms with Crippen LogP contribution in [0.3, 0.4) is 0 Å². The zero-order chi connectivity index (χ0) is 13.7. The molecule has 0 spiro atoms. The summed E-state index contributed by atoms with van der Waals surface area (Å²) in [5, 5.41) is 3.43. The lowest BCUT2D eigenvalue weighted by molar-refractivity contribution is -0.155. The smallest absolute Gasteiger partial charge is 0.124 e. The number of hydrogen-bond donors (Lipinski definition) is 1. The molecule has 4 nitrogen and oxygen atoms in total. The van der Waals surface area contributed by atoms with Gasteiger partial charge < -0.3 is 19.5 Å². The molecule has 0 bridgehead atoms. The molecule has 1 aliphatic rings. The third-order valence-electron chi connectivity index (χ3n) is 3.16. The fourth-order valence-electron chi connectivity index (χ4n) is 2.03. The van der Waals surface area contributed by atoms with E-state index in [1.54, 1.807) is 7.11 Å². The van der Waals surface area contributed by atoms with Gasteiger partial charge in [-0.2, -0.15) is 0 Å². The Bertz CT molecular complexity index is 391. The van der Waals surface area contributed by atoms with Crippen molar-refractivity contribution in [3.63, 3.8) is 0 Å². The molecule has 1 atom stereocenters. The summed E-state index contributed by atoms with van der Waals surface area (Å²) in [6, 6.07) is 8.45. The van der Waals surface area contributed by atoms with E-state index >= 15 is 0 Å². The molecule has 0 radical (unpaired) electrons. The fraction of sp³-hybridized carbons (Fsp3) is 0.600. The molecule has 0 amide bonds. The van der Waals surface area contributed by atoms with Crippen molar-refractivity contribution in [3.8, 4) is 5.75 Å². The Labute approximate surface area is 115 Å². The van der Waals surface area contributed by atoms with E-state index in [4.69, 9.17) is 14.2 Å². The van der Waals surface area contributed by atoms with Gasteiger partial charge in [0.15, 0.2) is 0 Å². The Morgan fingerprint density at radius 1 is 1.32 bits per heavy atom. The predicted octanol–water partition coefficient (Wildman–Crippen LogP) is 2.15. The summed E-state index contributed by atoms with van der Waals surface area (Å²) in [5.41, 5.74) is 1.09. The van der Waals surface area contributed by atoms with Gasteiger partial charge >= 0.3 is 0 Å². The van der Waals surface area contributed by atoms with E-state index in [1.165, 1.54) is 0 Å². The average Bonchev–Trinajstić information content (AvgIpc) is 2.36. The molecule has 1 unspecified atom stereocenters. The van der Waals surface area contributed by atoms with Crippen LogP contribution in [0.2, 0.25) is 0 Å². The van der Waals surface area contributed by atoms with Gasteiger partial charge in [0, 0.05) is 18.2 Å². The van der Waals surface area contributed by atoms with Crippen molar-refractivity contribution in [3.05, 3.63) is 29.8 Å². The normalized spacial score (nSPS) is 17.3. The van der Waals surface area contributed by atoms with Crippen LogP contribution in [0.5, 0.6) is 5.75 Å². The van der Waals surface area contributed by atoms with Crippen LogP contribution in [0.4, 0.5) is 0 Å². The van der Waals surface area contributed by atoms with Gasteiger partial charge in [0.1, 0.15) is 11.9 Å². The Morgan fingerprint density at radius 3 is 2.63 bits per heavy atom. The van der Waals surface area contributed by atoms with Crippen LogP contribution in [-0.4, -0.2) is 39.0 Å². The van der Waals surface area contributed by atoms with Crippen LogP contribution >= 0.6 is 0 Å². The molecular formula is C15H23NO3. The first kappa shape index (κ1) is 14.3. The quantitative estimate of drug-likeness (QED) is 0.820. The number of rotatable bonds is 7. The molecule has 1 aromatic rings. The summed E-state index contributed by atoms with van der Waals surface area (Å²) in [7, 11) is 1.69. The lowest BCUT2D eigenvalue weighted by Crippen LogP contribution is -2.40. The van der Waals surface area contributed by atoms with Gasteiger partial charge in [-0.15, -0.1) is 0 Å². The summed E-state index contributed by atoms with van der Waals surface area (Å²) < 4.78 is 16.7. The lowest BCUT2D eigenvalue weighted by atomic mass is 10.1. The fourth-order valence-corrected chi connectivity index (χ4v) is 2.03. The lowest BCUT2D eigenvalue weighted by Gasteiger charge is -2.32. The van der Waals surface area contributed by atoms with Crippen molar-refractivity contribution in [1.29, 1.82) is 0 Å². The number of methoxy groups -OCH3 is 1. The van der Waals surface area contributed by atoms with Crippen LogP contribution in [0.25, 0.3) is 0 Å². The van der Waals surface area contributed by atoms with Crippen molar-refractivity contribution in [2.45, 2.75) is 32.1 Å².